The molecule has 0 aliphatic rings. The number of carbonyl (C=O) groups is 1. The summed E-state index contributed by atoms with van der Waals surface area (Å²) in [6, 6.07) is 14.6. The van der Waals surface area contributed by atoms with Crippen LogP contribution in [0.4, 0.5) is 0 Å². The predicted octanol–water partition coefficient (Wildman–Crippen LogP) is 2.89. The van der Waals surface area contributed by atoms with Crippen molar-refractivity contribution in [3.63, 3.8) is 0 Å². The Morgan fingerprint density at radius 3 is 2.50 bits per heavy atom. The van der Waals surface area contributed by atoms with Gasteiger partial charge in [-0.25, -0.2) is 0 Å². The third-order valence-corrected chi connectivity index (χ3v) is 3.62. The van der Waals surface area contributed by atoms with Crippen LogP contribution in [-0.4, -0.2) is 28.6 Å². The molecule has 0 heterocycles. The number of hydrogen-bond donors (Lipinski definition) is 3. The third-order valence-electron chi connectivity index (χ3n) is 3.62. The zero-order valence-electron chi connectivity index (χ0n) is 12.6. The minimum atomic E-state index is -0.275. The van der Waals surface area contributed by atoms with E-state index >= 15 is 0 Å². The van der Waals surface area contributed by atoms with Crippen LogP contribution in [0.1, 0.15) is 29.3 Å². The minimum Gasteiger partial charge on any atom is -0.504 e. The lowest BCUT2D eigenvalue weighted by Crippen LogP contribution is -2.31. The maximum Gasteiger partial charge on any atom is 0.176 e. The monoisotopic (exact) mass is 299 g/mol. The molecule has 2 aromatic carbocycles. The Balaban J connectivity index is 1.79. The largest absolute Gasteiger partial charge is 0.504 e. The highest BCUT2D eigenvalue weighted by molar-refractivity contribution is 5.98. The van der Waals surface area contributed by atoms with Crippen LogP contribution < -0.4 is 5.32 Å². The molecule has 4 heteroatoms. The quantitative estimate of drug-likeness (QED) is 0.543. The van der Waals surface area contributed by atoms with E-state index in [9.17, 15) is 15.0 Å². The molecule has 0 amide bonds. The van der Waals surface area contributed by atoms with Crippen LogP contribution in [-0.2, 0) is 6.42 Å². The van der Waals surface area contributed by atoms with E-state index in [1.165, 1.54) is 23.8 Å². The van der Waals surface area contributed by atoms with Gasteiger partial charge in [0, 0.05) is 11.6 Å². The van der Waals surface area contributed by atoms with Crippen molar-refractivity contribution >= 4 is 5.78 Å². The first-order valence-electron chi connectivity index (χ1n) is 7.38. The van der Waals surface area contributed by atoms with Gasteiger partial charge in [0.25, 0.3) is 0 Å². The average molecular weight is 299 g/mol. The number of Topliss-reactive ketones (excluding diaryl/α,β-unsaturated/α-hetero) is 1. The Labute approximate surface area is 130 Å². The highest BCUT2D eigenvalue weighted by Gasteiger charge is 2.10. The van der Waals surface area contributed by atoms with Crippen molar-refractivity contribution in [2.24, 2.45) is 0 Å². The van der Waals surface area contributed by atoms with Crippen LogP contribution in [0.25, 0.3) is 0 Å². The van der Waals surface area contributed by atoms with Gasteiger partial charge in [-0.2, -0.15) is 0 Å². The van der Waals surface area contributed by atoms with Crippen molar-refractivity contribution < 1.29 is 15.0 Å². The van der Waals surface area contributed by atoms with Crippen LogP contribution in [0.15, 0.2) is 48.5 Å². The van der Waals surface area contributed by atoms with Crippen molar-refractivity contribution in [1.29, 1.82) is 0 Å². The van der Waals surface area contributed by atoms with Crippen LogP contribution in [0, 0.1) is 0 Å². The van der Waals surface area contributed by atoms with Gasteiger partial charge in [-0.05, 0) is 43.5 Å². The van der Waals surface area contributed by atoms with E-state index in [-0.39, 0.29) is 29.9 Å². The molecule has 0 fully saturated rings. The second kappa shape index (κ2) is 7.61. The number of hydrogen-bond acceptors (Lipinski definition) is 4. The molecule has 4 nitrogen and oxygen atoms in total. The SMILES string of the molecule is C[C@H](CCc1ccccc1)NCC(=O)c1ccc(O)c(O)c1. The highest BCUT2D eigenvalue weighted by Crippen LogP contribution is 2.24. The van der Waals surface area contributed by atoms with Crippen molar-refractivity contribution in [1.82, 2.24) is 5.32 Å². The molecular weight excluding hydrogens is 278 g/mol. The molecule has 0 bridgehead atoms. The van der Waals surface area contributed by atoms with E-state index in [0.29, 0.717) is 5.56 Å². The van der Waals surface area contributed by atoms with E-state index in [4.69, 9.17) is 0 Å². The van der Waals surface area contributed by atoms with Crippen molar-refractivity contribution in [3.05, 3.63) is 59.7 Å². The molecule has 0 radical (unpaired) electrons. The lowest BCUT2D eigenvalue weighted by Gasteiger charge is -2.13. The van der Waals surface area contributed by atoms with E-state index in [0.717, 1.165) is 12.8 Å². The lowest BCUT2D eigenvalue weighted by molar-refractivity contribution is 0.0987. The van der Waals surface area contributed by atoms with Gasteiger partial charge in [-0.3, -0.25) is 4.79 Å². The molecule has 0 aliphatic heterocycles. The smallest absolute Gasteiger partial charge is 0.176 e. The van der Waals surface area contributed by atoms with Gasteiger partial charge in [0.2, 0.25) is 0 Å². The van der Waals surface area contributed by atoms with Gasteiger partial charge in [-0.15, -0.1) is 0 Å². The number of ketones is 1. The van der Waals surface area contributed by atoms with Gasteiger partial charge in [0.15, 0.2) is 17.3 Å². The summed E-state index contributed by atoms with van der Waals surface area (Å²) in [5.41, 5.74) is 1.67. The Kier molecular flexibility index (Phi) is 5.55. The number of benzene rings is 2. The second-order valence-electron chi connectivity index (χ2n) is 5.43. The molecule has 2 aromatic rings. The summed E-state index contributed by atoms with van der Waals surface area (Å²) in [7, 11) is 0. The summed E-state index contributed by atoms with van der Waals surface area (Å²) in [5.74, 6) is -0.606. The number of aromatic hydroxyl groups is 2. The maximum atomic E-state index is 12.0. The van der Waals surface area contributed by atoms with Gasteiger partial charge in [-0.1, -0.05) is 30.3 Å². The molecule has 3 N–H and O–H groups in total. The second-order valence-corrected chi connectivity index (χ2v) is 5.43. The van der Waals surface area contributed by atoms with E-state index in [2.05, 4.69) is 17.4 Å². The standard InChI is InChI=1S/C18H21NO3/c1-13(7-8-14-5-3-2-4-6-14)19-12-18(22)15-9-10-16(20)17(21)11-15/h2-6,9-11,13,19-21H,7-8,12H2,1H3/t13-/m1/s1. The number of carbonyl (C=O) groups excluding carboxylic acids is 1. The van der Waals surface area contributed by atoms with E-state index < -0.39 is 0 Å². The number of phenols is 2. The van der Waals surface area contributed by atoms with Crippen molar-refractivity contribution in [2.75, 3.05) is 6.54 Å². The van der Waals surface area contributed by atoms with E-state index in [1.807, 2.05) is 25.1 Å². The summed E-state index contributed by atoms with van der Waals surface area (Å²) in [6.45, 7) is 2.25. The first kappa shape index (κ1) is 16.0. The topological polar surface area (TPSA) is 69.6 Å². The molecule has 116 valence electrons. The normalized spacial score (nSPS) is 12.0. The van der Waals surface area contributed by atoms with Crippen LogP contribution in [0.3, 0.4) is 0 Å². The molecular formula is C18H21NO3. The summed E-state index contributed by atoms with van der Waals surface area (Å²) in [5, 5.41) is 21.9. The van der Waals surface area contributed by atoms with Gasteiger partial charge in [0.1, 0.15) is 0 Å². The molecule has 0 saturated heterocycles. The molecule has 1 atom stereocenters. The highest BCUT2D eigenvalue weighted by atomic mass is 16.3. The number of phenolic OH excluding ortho intramolecular Hbond substituents is 2. The average Bonchev–Trinajstić information content (AvgIpc) is 2.54. The molecule has 0 saturated carbocycles. The van der Waals surface area contributed by atoms with E-state index in [1.54, 1.807) is 0 Å². The first-order valence-corrected chi connectivity index (χ1v) is 7.38. The lowest BCUT2D eigenvalue weighted by atomic mass is 10.1. The molecule has 0 spiro atoms. The summed E-state index contributed by atoms with van der Waals surface area (Å²) in [6.07, 6.45) is 1.90. The molecule has 22 heavy (non-hydrogen) atoms. The summed E-state index contributed by atoms with van der Waals surface area (Å²) < 4.78 is 0. The van der Waals surface area contributed by atoms with Gasteiger partial charge in [0.05, 0.1) is 6.54 Å². The zero-order valence-corrected chi connectivity index (χ0v) is 12.6. The van der Waals surface area contributed by atoms with Crippen LogP contribution >= 0.6 is 0 Å². The molecule has 0 aromatic heterocycles. The third kappa shape index (κ3) is 4.60. The fraction of sp³-hybridized carbons (Fsp3) is 0.278. The summed E-state index contributed by atoms with van der Waals surface area (Å²) >= 11 is 0. The van der Waals surface area contributed by atoms with Crippen molar-refractivity contribution in [3.8, 4) is 11.5 Å². The Morgan fingerprint density at radius 1 is 1.09 bits per heavy atom. The van der Waals surface area contributed by atoms with Gasteiger partial charge >= 0.3 is 0 Å². The number of rotatable bonds is 7. The summed E-state index contributed by atoms with van der Waals surface area (Å²) in [4.78, 5) is 12.0. The number of aryl methyl sites for hydroxylation is 1. The van der Waals surface area contributed by atoms with Crippen LogP contribution in [0.2, 0.25) is 0 Å². The fourth-order valence-corrected chi connectivity index (χ4v) is 2.20. The predicted molar refractivity (Wildman–Crippen MR) is 86.3 cm³/mol. The first-order chi connectivity index (χ1) is 10.6. The Bertz CT molecular complexity index is 625. The number of nitrogens with one attached hydrogen (secondary N) is 1. The Morgan fingerprint density at radius 2 is 1.82 bits per heavy atom. The van der Waals surface area contributed by atoms with Gasteiger partial charge < -0.3 is 15.5 Å². The maximum absolute atomic E-state index is 12.0. The van der Waals surface area contributed by atoms with Crippen LogP contribution in [0.5, 0.6) is 11.5 Å². The minimum absolute atomic E-state index is 0.109. The molecule has 2 rings (SSSR count). The van der Waals surface area contributed by atoms with Crippen molar-refractivity contribution in [2.45, 2.75) is 25.8 Å². The molecule has 0 unspecified atom stereocenters. The zero-order chi connectivity index (χ0) is 15.9. The fourth-order valence-electron chi connectivity index (χ4n) is 2.20. The molecule has 0 aliphatic carbocycles. The Hall–Kier alpha value is -2.33.